The molecule has 0 radical (unpaired) electrons. The first-order valence-corrected chi connectivity index (χ1v) is 9.31. The van der Waals surface area contributed by atoms with E-state index in [0.717, 1.165) is 17.0 Å². The maximum Gasteiger partial charge on any atom is 0.322 e. The molecule has 2 aromatic carbocycles. The van der Waals surface area contributed by atoms with E-state index in [9.17, 15) is 4.79 Å². The van der Waals surface area contributed by atoms with Crippen LogP contribution in [0, 0.1) is 18.3 Å². The average molecular weight is 386 g/mol. The van der Waals surface area contributed by atoms with Crippen LogP contribution in [-0.4, -0.2) is 22.5 Å². The molecule has 0 bridgehead atoms. The number of amides is 2. The third kappa shape index (κ3) is 6.08. The fourth-order valence-corrected chi connectivity index (χ4v) is 2.75. The van der Waals surface area contributed by atoms with Gasteiger partial charge in [0.25, 0.3) is 0 Å². The lowest BCUT2D eigenvalue weighted by Crippen LogP contribution is -2.35. The van der Waals surface area contributed by atoms with Crippen LogP contribution in [0.3, 0.4) is 0 Å². The first-order valence-electron chi connectivity index (χ1n) is 9.31. The van der Waals surface area contributed by atoms with Crippen molar-refractivity contribution in [3.63, 3.8) is 0 Å². The molecule has 29 heavy (non-hydrogen) atoms. The first-order chi connectivity index (χ1) is 14.1. The lowest BCUT2D eigenvalue weighted by atomic mass is 10.2. The van der Waals surface area contributed by atoms with Crippen LogP contribution in [0.5, 0.6) is 11.5 Å². The summed E-state index contributed by atoms with van der Waals surface area (Å²) in [7, 11) is 0. The molecule has 0 aliphatic rings. The highest BCUT2D eigenvalue weighted by molar-refractivity contribution is 5.89. The number of carbonyl (C=O) groups is 1. The molecule has 2 amide bonds. The summed E-state index contributed by atoms with van der Waals surface area (Å²) in [6, 6.07) is 22.3. The topological polar surface area (TPSA) is 78.2 Å². The highest BCUT2D eigenvalue weighted by atomic mass is 16.5. The molecule has 6 nitrogen and oxygen atoms in total. The van der Waals surface area contributed by atoms with Gasteiger partial charge in [0.05, 0.1) is 24.7 Å². The minimum Gasteiger partial charge on any atom is -0.457 e. The maximum atomic E-state index is 12.7. The van der Waals surface area contributed by atoms with E-state index in [1.54, 1.807) is 35.4 Å². The fourth-order valence-electron chi connectivity index (χ4n) is 2.75. The molecule has 146 valence electrons. The molecular formula is C23H22N4O2. The van der Waals surface area contributed by atoms with E-state index < -0.39 is 0 Å². The summed E-state index contributed by atoms with van der Waals surface area (Å²) in [5.41, 5.74) is 2.54. The van der Waals surface area contributed by atoms with E-state index in [2.05, 4.69) is 16.4 Å². The fraction of sp³-hybridized carbons (Fsp3) is 0.174. The Labute approximate surface area is 170 Å². The molecule has 0 saturated carbocycles. The summed E-state index contributed by atoms with van der Waals surface area (Å²) < 4.78 is 5.83. The van der Waals surface area contributed by atoms with E-state index in [0.29, 0.717) is 24.5 Å². The molecule has 0 atom stereocenters. The van der Waals surface area contributed by atoms with Crippen LogP contribution in [0.1, 0.15) is 17.7 Å². The van der Waals surface area contributed by atoms with Crippen molar-refractivity contribution in [2.24, 2.45) is 0 Å². The van der Waals surface area contributed by atoms with E-state index in [1.165, 1.54) is 0 Å². The number of anilines is 1. The summed E-state index contributed by atoms with van der Waals surface area (Å²) in [5, 5.41) is 11.7. The molecule has 0 saturated heterocycles. The van der Waals surface area contributed by atoms with Crippen LogP contribution in [-0.2, 0) is 6.54 Å². The number of aryl methyl sites for hydroxylation is 1. The van der Waals surface area contributed by atoms with Gasteiger partial charge in [0.2, 0.25) is 0 Å². The van der Waals surface area contributed by atoms with Gasteiger partial charge in [0.15, 0.2) is 0 Å². The minimum atomic E-state index is -0.279. The molecule has 6 heteroatoms. The second-order valence-corrected chi connectivity index (χ2v) is 6.52. The van der Waals surface area contributed by atoms with E-state index in [1.807, 2.05) is 49.4 Å². The smallest absolute Gasteiger partial charge is 0.322 e. The van der Waals surface area contributed by atoms with Gasteiger partial charge in [-0.3, -0.25) is 4.98 Å². The average Bonchev–Trinajstić information content (AvgIpc) is 2.73. The van der Waals surface area contributed by atoms with Gasteiger partial charge in [-0.15, -0.1) is 0 Å². The van der Waals surface area contributed by atoms with Crippen molar-refractivity contribution >= 4 is 11.7 Å². The van der Waals surface area contributed by atoms with Crippen LogP contribution in [0.2, 0.25) is 0 Å². The summed E-state index contributed by atoms with van der Waals surface area (Å²) in [6.45, 7) is 2.67. The Balaban J connectivity index is 1.63. The number of hydrogen-bond acceptors (Lipinski definition) is 4. The van der Waals surface area contributed by atoms with E-state index >= 15 is 0 Å². The van der Waals surface area contributed by atoms with Gasteiger partial charge >= 0.3 is 6.03 Å². The number of nitrogens with zero attached hydrogens (tertiary/aromatic N) is 3. The van der Waals surface area contributed by atoms with Crippen molar-refractivity contribution in [2.45, 2.75) is 19.9 Å². The monoisotopic (exact) mass is 386 g/mol. The number of benzene rings is 2. The Kier molecular flexibility index (Phi) is 6.80. The van der Waals surface area contributed by atoms with Crippen molar-refractivity contribution in [3.05, 3.63) is 84.2 Å². The van der Waals surface area contributed by atoms with Crippen molar-refractivity contribution < 1.29 is 9.53 Å². The number of nitrogens with one attached hydrogen (secondary N) is 1. The minimum absolute atomic E-state index is 0.253. The van der Waals surface area contributed by atoms with Gasteiger partial charge in [0, 0.05) is 18.4 Å². The molecule has 0 fully saturated rings. The molecule has 3 aromatic rings. The summed E-state index contributed by atoms with van der Waals surface area (Å²) in [4.78, 5) is 18.5. The van der Waals surface area contributed by atoms with Crippen molar-refractivity contribution in [1.29, 1.82) is 5.26 Å². The van der Waals surface area contributed by atoms with Gasteiger partial charge in [-0.25, -0.2) is 4.79 Å². The highest BCUT2D eigenvalue weighted by Gasteiger charge is 2.14. The van der Waals surface area contributed by atoms with Gasteiger partial charge in [-0.05, 0) is 61.0 Å². The number of ether oxygens (including phenoxy) is 1. The SMILES string of the molecule is Cc1cccc(Oc2ccc(NC(=O)N(CCC#N)Cc3ccccn3)cc2)c1. The molecule has 1 heterocycles. The van der Waals surface area contributed by atoms with Crippen molar-refractivity contribution in [3.8, 4) is 17.6 Å². The second kappa shape index (κ2) is 9.90. The normalized spacial score (nSPS) is 10.1. The Morgan fingerprint density at radius 2 is 1.93 bits per heavy atom. The maximum absolute atomic E-state index is 12.7. The zero-order valence-electron chi connectivity index (χ0n) is 16.2. The number of pyridine rings is 1. The number of urea groups is 1. The van der Waals surface area contributed by atoms with Gasteiger partial charge in [-0.2, -0.15) is 5.26 Å². The van der Waals surface area contributed by atoms with Crippen LogP contribution in [0.15, 0.2) is 72.9 Å². The molecule has 1 N–H and O–H groups in total. The molecule has 0 unspecified atom stereocenters. The van der Waals surface area contributed by atoms with Gasteiger partial charge in [-0.1, -0.05) is 18.2 Å². The third-order valence-corrected chi connectivity index (χ3v) is 4.19. The molecular weight excluding hydrogens is 364 g/mol. The van der Waals surface area contributed by atoms with Crippen LogP contribution in [0.4, 0.5) is 10.5 Å². The number of carbonyl (C=O) groups excluding carboxylic acids is 1. The number of aromatic nitrogens is 1. The largest absolute Gasteiger partial charge is 0.457 e. The number of nitriles is 1. The van der Waals surface area contributed by atoms with Gasteiger partial charge < -0.3 is 15.0 Å². The zero-order valence-corrected chi connectivity index (χ0v) is 16.2. The Bertz CT molecular complexity index is 982. The first kappa shape index (κ1) is 19.9. The molecule has 1 aromatic heterocycles. The summed E-state index contributed by atoms with van der Waals surface area (Å²) in [5.74, 6) is 1.45. The van der Waals surface area contributed by atoms with E-state index in [-0.39, 0.29) is 12.5 Å². The predicted molar refractivity (Wildman–Crippen MR) is 112 cm³/mol. The summed E-state index contributed by atoms with van der Waals surface area (Å²) in [6.07, 6.45) is 1.94. The van der Waals surface area contributed by atoms with Crippen molar-refractivity contribution in [2.75, 3.05) is 11.9 Å². The lowest BCUT2D eigenvalue weighted by Gasteiger charge is -2.21. The van der Waals surface area contributed by atoms with E-state index in [4.69, 9.17) is 10.00 Å². The van der Waals surface area contributed by atoms with Crippen LogP contribution >= 0.6 is 0 Å². The predicted octanol–water partition coefficient (Wildman–Crippen LogP) is 5.13. The molecule has 0 aliphatic carbocycles. The molecule has 3 rings (SSSR count). The standard InChI is InChI=1S/C23H22N4O2/c1-18-6-4-8-22(16-18)29-21-11-9-19(10-12-21)26-23(28)27(15-5-13-24)17-20-7-2-3-14-25-20/h2-4,6-12,14,16H,5,15,17H2,1H3,(H,26,28). The number of rotatable bonds is 7. The zero-order chi connectivity index (χ0) is 20.5. The molecule has 0 aliphatic heterocycles. The second-order valence-electron chi connectivity index (χ2n) is 6.52. The van der Waals surface area contributed by atoms with Crippen LogP contribution in [0.25, 0.3) is 0 Å². The lowest BCUT2D eigenvalue weighted by molar-refractivity contribution is 0.209. The number of hydrogen-bond donors (Lipinski definition) is 1. The van der Waals surface area contributed by atoms with Crippen LogP contribution < -0.4 is 10.1 Å². The third-order valence-electron chi connectivity index (χ3n) is 4.19. The molecule has 0 spiro atoms. The Hall–Kier alpha value is -3.85. The van der Waals surface area contributed by atoms with Gasteiger partial charge in [0.1, 0.15) is 11.5 Å². The quantitative estimate of drug-likeness (QED) is 0.610. The Morgan fingerprint density at radius 3 is 2.62 bits per heavy atom. The Morgan fingerprint density at radius 1 is 1.10 bits per heavy atom. The van der Waals surface area contributed by atoms with Crippen molar-refractivity contribution in [1.82, 2.24) is 9.88 Å². The highest BCUT2D eigenvalue weighted by Crippen LogP contribution is 2.24. The summed E-state index contributed by atoms with van der Waals surface area (Å²) >= 11 is 0.